The molecule has 0 bridgehead atoms. The van der Waals surface area contributed by atoms with Gasteiger partial charge in [0, 0.05) is 12.4 Å². The lowest BCUT2D eigenvalue weighted by atomic mass is 10.5. The van der Waals surface area contributed by atoms with Crippen LogP contribution in [0.1, 0.15) is 0 Å². The summed E-state index contributed by atoms with van der Waals surface area (Å²) in [4.78, 5) is 3.82. The van der Waals surface area contributed by atoms with Crippen LogP contribution in [0.3, 0.4) is 0 Å². The standard InChI is InChI=1S/C5H4BrNO2S/c6-10(8,9)5-2-1-3-7-4-5/h1-4H. The van der Waals surface area contributed by atoms with Gasteiger partial charge in [-0.2, -0.15) is 0 Å². The first-order chi connectivity index (χ1) is 4.61. The fourth-order valence-corrected chi connectivity index (χ4v) is 1.49. The van der Waals surface area contributed by atoms with Crippen molar-refractivity contribution >= 4 is 23.1 Å². The molecule has 0 atom stereocenters. The molecule has 1 aromatic rings. The molecule has 0 spiro atoms. The van der Waals surface area contributed by atoms with Crippen LogP contribution in [0.25, 0.3) is 0 Å². The molecule has 0 saturated heterocycles. The lowest BCUT2D eigenvalue weighted by Gasteiger charge is -1.90. The summed E-state index contributed by atoms with van der Waals surface area (Å²) in [5.74, 6) is 0. The molecule has 0 aliphatic carbocycles. The number of aromatic nitrogens is 1. The first-order valence-corrected chi connectivity index (χ1v) is 5.78. The molecule has 0 saturated carbocycles. The van der Waals surface area contributed by atoms with Crippen LogP contribution in [0.2, 0.25) is 0 Å². The summed E-state index contributed by atoms with van der Waals surface area (Å²) in [5.41, 5.74) is 0. The largest absolute Gasteiger partial charge is 0.263 e. The Morgan fingerprint density at radius 3 is 2.50 bits per heavy atom. The normalized spacial score (nSPS) is 11.3. The van der Waals surface area contributed by atoms with E-state index in [4.69, 9.17) is 0 Å². The van der Waals surface area contributed by atoms with Crippen molar-refractivity contribution < 1.29 is 8.42 Å². The predicted octanol–water partition coefficient (Wildman–Crippen LogP) is 1.17. The van der Waals surface area contributed by atoms with E-state index in [-0.39, 0.29) is 4.90 Å². The minimum absolute atomic E-state index is 0.176. The highest BCUT2D eigenvalue weighted by molar-refractivity contribution is 9.47. The summed E-state index contributed by atoms with van der Waals surface area (Å²) in [6.45, 7) is 0. The second-order valence-corrected chi connectivity index (χ2v) is 5.53. The van der Waals surface area contributed by atoms with Gasteiger partial charge in [-0.15, -0.1) is 0 Å². The van der Waals surface area contributed by atoms with Gasteiger partial charge >= 0.3 is 0 Å². The summed E-state index contributed by atoms with van der Waals surface area (Å²) in [7, 11) is -3.25. The average Bonchev–Trinajstić information content (AvgIpc) is 1.88. The van der Waals surface area contributed by atoms with Crippen molar-refractivity contribution in [2.45, 2.75) is 4.90 Å². The average molecular weight is 222 g/mol. The zero-order valence-corrected chi connectivity index (χ0v) is 7.26. The second kappa shape index (κ2) is 2.67. The molecule has 0 aliphatic heterocycles. The highest BCUT2D eigenvalue weighted by atomic mass is 79.9. The summed E-state index contributed by atoms with van der Waals surface area (Å²) < 4.78 is 21.4. The molecule has 0 unspecified atom stereocenters. The Hall–Kier alpha value is -0.420. The van der Waals surface area contributed by atoms with Gasteiger partial charge in [0.25, 0.3) is 0 Å². The number of nitrogens with zero attached hydrogens (tertiary/aromatic N) is 1. The van der Waals surface area contributed by atoms with Gasteiger partial charge < -0.3 is 0 Å². The molecule has 0 radical (unpaired) electrons. The van der Waals surface area contributed by atoms with Crippen LogP contribution >= 0.6 is 14.8 Å². The van der Waals surface area contributed by atoms with Gasteiger partial charge in [0.1, 0.15) is 0 Å². The summed E-state index contributed by atoms with van der Waals surface area (Å²) in [6, 6.07) is 3.03. The predicted molar refractivity (Wildman–Crippen MR) is 40.3 cm³/mol. The monoisotopic (exact) mass is 221 g/mol. The van der Waals surface area contributed by atoms with E-state index in [1.165, 1.54) is 18.5 Å². The summed E-state index contributed by atoms with van der Waals surface area (Å²) in [6.07, 6.45) is 2.80. The quantitative estimate of drug-likeness (QED) is 0.670. The maximum atomic E-state index is 10.7. The number of pyridine rings is 1. The van der Waals surface area contributed by atoms with Crippen LogP contribution in [0, 0.1) is 0 Å². The third-order valence-electron chi connectivity index (χ3n) is 0.916. The van der Waals surface area contributed by atoms with Crippen LogP contribution in [0.4, 0.5) is 0 Å². The van der Waals surface area contributed by atoms with Crippen molar-refractivity contribution in [3.05, 3.63) is 24.5 Å². The second-order valence-electron chi connectivity index (χ2n) is 1.63. The van der Waals surface area contributed by atoms with Crippen LogP contribution in [-0.2, 0) is 8.27 Å². The van der Waals surface area contributed by atoms with E-state index in [0.29, 0.717) is 0 Å². The molecule has 0 fully saturated rings. The van der Waals surface area contributed by atoms with E-state index in [1.54, 1.807) is 6.07 Å². The Morgan fingerprint density at radius 1 is 1.50 bits per heavy atom. The molecular weight excluding hydrogens is 218 g/mol. The Labute approximate surface area is 66.2 Å². The number of rotatable bonds is 1. The van der Waals surface area contributed by atoms with Gasteiger partial charge in [-0.1, -0.05) is 0 Å². The van der Waals surface area contributed by atoms with Crippen molar-refractivity contribution in [2.75, 3.05) is 0 Å². The van der Waals surface area contributed by atoms with Crippen LogP contribution < -0.4 is 0 Å². The Morgan fingerprint density at radius 2 is 2.20 bits per heavy atom. The Balaban J connectivity index is 3.22. The van der Waals surface area contributed by atoms with Crippen molar-refractivity contribution in [1.82, 2.24) is 4.98 Å². The van der Waals surface area contributed by atoms with E-state index in [1.807, 2.05) is 0 Å². The Bertz CT molecular complexity index is 308. The fourth-order valence-electron chi connectivity index (χ4n) is 0.491. The maximum Gasteiger partial charge on any atom is 0.239 e. The van der Waals surface area contributed by atoms with Crippen LogP contribution in [0.15, 0.2) is 29.4 Å². The highest BCUT2D eigenvalue weighted by Crippen LogP contribution is 2.13. The van der Waals surface area contributed by atoms with Gasteiger partial charge in [-0.05, 0) is 12.1 Å². The van der Waals surface area contributed by atoms with E-state index in [0.717, 1.165) is 0 Å². The van der Waals surface area contributed by atoms with Crippen molar-refractivity contribution in [3.8, 4) is 0 Å². The summed E-state index contributed by atoms with van der Waals surface area (Å²) in [5, 5.41) is 0. The van der Waals surface area contributed by atoms with E-state index in [2.05, 4.69) is 19.8 Å². The zero-order valence-electron chi connectivity index (χ0n) is 4.86. The zero-order chi connectivity index (χ0) is 7.61. The SMILES string of the molecule is O=S(=O)(Br)c1cccnc1. The fraction of sp³-hybridized carbons (Fsp3) is 0. The molecule has 0 N–H and O–H groups in total. The first kappa shape index (κ1) is 7.68. The van der Waals surface area contributed by atoms with Gasteiger partial charge in [-0.3, -0.25) is 4.98 Å². The lowest BCUT2D eigenvalue weighted by molar-refractivity contribution is 0.611. The van der Waals surface area contributed by atoms with E-state index < -0.39 is 8.27 Å². The molecule has 1 rings (SSSR count). The van der Waals surface area contributed by atoms with Crippen LogP contribution in [0.5, 0.6) is 0 Å². The van der Waals surface area contributed by atoms with Gasteiger partial charge in [0.2, 0.25) is 8.27 Å². The number of hydrogen-bond donors (Lipinski definition) is 0. The van der Waals surface area contributed by atoms with Crippen LogP contribution in [-0.4, -0.2) is 13.4 Å². The first-order valence-electron chi connectivity index (χ1n) is 2.45. The molecular formula is C5H4BrNO2S. The van der Waals surface area contributed by atoms with Crippen molar-refractivity contribution in [3.63, 3.8) is 0 Å². The van der Waals surface area contributed by atoms with E-state index >= 15 is 0 Å². The lowest BCUT2D eigenvalue weighted by Crippen LogP contribution is -1.88. The molecule has 1 heterocycles. The molecule has 5 heteroatoms. The van der Waals surface area contributed by atoms with Crippen molar-refractivity contribution in [2.24, 2.45) is 0 Å². The smallest absolute Gasteiger partial charge is 0.239 e. The van der Waals surface area contributed by atoms with Crippen molar-refractivity contribution in [1.29, 1.82) is 0 Å². The molecule has 10 heavy (non-hydrogen) atoms. The topological polar surface area (TPSA) is 47.0 Å². The van der Waals surface area contributed by atoms with E-state index in [9.17, 15) is 8.42 Å². The van der Waals surface area contributed by atoms with Gasteiger partial charge in [0.05, 0.1) is 19.7 Å². The maximum absolute atomic E-state index is 10.7. The minimum atomic E-state index is -3.25. The number of hydrogen-bond acceptors (Lipinski definition) is 3. The molecule has 0 amide bonds. The molecule has 3 nitrogen and oxygen atoms in total. The number of halogens is 1. The Kier molecular flexibility index (Phi) is 2.05. The molecule has 1 aromatic heterocycles. The third kappa shape index (κ3) is 1.78. The third-order valence-corrected chi connectivity index (χ3v) is 2.84. The highest BCUT2D eigenvalue weighted by Gasteiger charge is 2.06. The molecule has 0 aliphatic rings. The van der Waals surface area contributed by atoms with Gasteiger partial charge in [0.15, 0.2) is 0 Å². The van der Waals surface area contributed by atoms with Gasteiger partial charge in [-0.25, -0.2) is 8.42 Å². The molecule has 0 aromatic carbocycles. The summed E-state index contributed by atoms with van der Waals surface area (Å²) >= 11 is 2.52. The minimum Gasteiger partial charge on any atom is -0.263 e. The molecule has 54 valence electrons.